The second kappa shape index (κ2) is 4.91. The minimum atomic E-state index is -0.370. The molecule has 2 rings (SSSR count). The van der Waals surface area contributed by atoms with Crippen molar-refractivity contribution >= 4 is 17.6 Å². The fourth-order valence-electron chi connectivity index (χ4n) is 1.59. The molecule has 0 atom stereocenters. The number of nitrogens with one attached hydrogen (secondary N) is 1. The van der Waals surface area contributed by atoms with E-state index in [0.29, 0.717) is 5.92 Å². The third kappa shape index (κ3) is 2.51. The van der Waals surface area contributed by atoms with Gasteiger partial charge < -0.3 is 0 Å². The van der Waals surface area contributed by atoms with Crippen molar-refractivity contribution < 1.29 is 4.79 Å². The van der Waals surface area contributed by atoms with Crippen molar-refractivity contribution in [3.63, 3.8) is 0 Å². The minimum Gasteiger partial charge on any atom is -0.288 e. The number of hydrogen-bond donors (Lipinski definition) is 1. The lowest BCUT2D eigenvalue weighted by Crippen LogP contribution is -2.32. The second-order valence-electron chi connectivity index (χ2n) is 4.25. The number of azo groups is 1. The Bertz CT molecular complexity index is 558. The highest BCUT2D eigenvalue weighted by atomic mass is 16.2. The molecule has 0 saturated carbocycles. The van der Waals surface area contributed by atoms with E-state index in [-0.39, 0.29) is 17.6 Å². The van der Waals surface area contributed by atoms with Crippen LogP contribution in [0.4, 0.5) is 5.69 Å². The third-order valence-corrected chi connectivity index (χ3v) is 2.54. The number of carbonyl (C=O) groups is 1. The van der Waals surface area contributed by atoms with E-state index in [9.17, 15) is 4.79 Å². The average molecular weight is 242 g/mol. The topological polar surface area (TPSA) is 66.2 Å². The predicted molar refractivity (Wildman–Crippen MR) is 69.8 cm³/mol. The zero-order valence-corrected chi connectivity index (χ0v) is 10.3. The highest BCUT2D eigenvalue weighted by molar-refractivity contribution is 6.07. The molecule has 18 heavy (non-hydrogen) atoms. The van der Waals surface area contributed by atoms with E-state index in [1.54, 1.807) is 0 Å². The number of aliphatic imine (C=N–C) groups is 1. The fourth-order valence-corrected chi connectivity index (χ4v) is 1.59. The number of benzene rings is 1. The van der Waals surface area contributed by atoms with Crippen molar-refractivity contribution in [2.75, 3.05) is 0 Å². The zero-order valence-electron chi connectivity index (χ0n) is 10.3. The molecule has 1 aromatic carbocycles. The molecular weight excluding hydrogens is 228 g/mol. The van der Waals surface area contributed by atoms with Gasteiger partial charge in [-0.15, -0.1) is 10.2 Å². The van der Waals surface area contributed by atoms with E-state index >= 15 is 0 Å². The van der Waals surface area contributed by atoms with Gasteiger partial charge in [0.25, 0.3) is 5.91 Å². The van der Waals surface area contributed by atoms with Crippen molar-refractivity contribution in [1.82, 2.24) is 5.32 Å². The molecule has 92 valence electrons. The summed E-state index contributed by atoms with van der Waals surface area (Å²) in [6.45, 7) is 7.63. The average Bonchev–Trinajstić information content (AvgIpc) is 2.34. The first-order valence-corrected chi connectivity index (χ1v) is 5.67. The van der Waals surface area contributed by atoms with E-state index in [0.717, 1.165) is 11.3 Å². The number of nitrogens with zero attached hydrogens (tertiary/aromatic N) is 3. The lowest BCUT2D eigenvalue weighted by atomic mass is 10.0. The summed E-state index contributed by atoms with van der Waals surface area (Å²) in [5.41, 5.74) is 1.97. The van der Waals surface area contributed by atoms with Crippen LogP contribution in [0.25, 0.3) is 0 Å². The van der Waals surface area contributed by atoms with Gasteiger partial charge in [0.2, 0.25) is 5.96 Å². The van der Waals surface area contributed by atoms with Crippen LogP contribution < -0.4 is 5.32 Å². The molecule has 1 aromatic rings. The molecule has 0 aromatic heterocycles. The fraction of sp³-hybridized carbons (Fsp3) is 0.231. The first-order chi connectivity index (χ1) is 8.58. The van der Waals surface area contributed by atoms with Crippen LogP contribution in [0.2, 0.25) is 0 Å². The molecule has 1 heterocycles. The molecule has 0 bridgehead atoms. The summed E-state index contributed by atoms with van der Waals surface area (Å²) in [4.78, 5) is 15.7. The van der Waals surface area contributed by atoms with Crippen molar-refractivity contribution in [3.05, 3.63) is 42.1 Å². The van der Waals surface area contributed by atoms with Crippen molar-refractivity contribution in [1.29, 1.82) is 0 Å². The Morgan fingerprint density at radius 2 is 2.00 bits per heavy atom. The Morgan fingerprint density at radius 1 is 1.28 bits per heavy atom. The maximum Gasteiger partial charge on any atom is 0.277 e. The molecule has 0 radical (unpaired) electrons. The standard InChI is InChI=1S/C13H14N4O/c1-8(2)10-6-4-5-7-11(10)14-13-15-12(18)9(3)16-17-13/h4-8H,3H2,1-2H3,(H,14,15,18). The molecule has 1 aliphatic rings. The van der Waals surface area contributed by atoms with Gasteiger partial charge in [-0.2, -0.15) is 0 Å². The third-order valence-electron chi connectivity index (χ3n) is 2.54. The predicted octanol–water partition coefficient (Wildman–Crippen LogP) is 2.89. The number of guanidine groups is 1. The van der Waals surface area contributed by atoms with Gasteiger partial charge in [-0.1, -0.05) is 38.6 Å². The van der Waals surface area contributed by atoms with Gasteiger partial charge in [0.1, 0.15) is 5.70 Å². The monoisotopic (exact) mass is 242 g/mol. The van der Waals surface area contributed by atoms with Crippen LogP contribution in [-0.2, 0) is 4.79 Å². The van der Waals surface area contributed by atoms with Crippen LogP contribution >= 0.6 is 0 Å². The summed E-state index contributed by atoms with van der Waals surface area (Å²) in [5.74, 6) is 0.169. The second-order valence-corrected chi connectivity index (χ2v) is 4.25. The summed E-state index contributed by atoms with van der Waals surface area (Å²) >= 11 is 0. The number of carbonyl (C=O) groups excluding carboxylic acids is 1. The molecule has 1 amide bonds. The SMILES string of the molecule is C=C1N=NC(=Nc2ccccc2C(C)C)NC1=O. The zero-order chi connectivity index (χ0) is 13.1. The van der Waals surface area contributed by atoms with E-state index < -0.39 is 0 Å². The van der Waals surface area contributed by atoms with E-state index in [1.807, 2.05) is 24.3 Å². The molecule has 0 unspecified atom stereocenters. The largest absolute Gasteiger partial charge is 0.288 e. The molecule has 1 aliphatic heterocycles. The van der Waals surface area contributed by atoms with Crippen LogP contribution in [0.3, 0.4) is 0 Å². The summed E-state index contributed by atoms with van der Waals surface area (Å²) in [7, 11) is 0. The molecule has 0 fully saturated rings. The van der Waals surface area contributed by atoms with Crippen LogP contribution in [-0.4, -0.2) is 11.9 Å². The molecule has 5 heteroatoms. The minimum absolute atomic E-state index is 0.0890. The maximum absolute atomic E-state index is 11.4. The van der Waals surface area contributed by atoms with E-state index in [1.165, 1.54) is 0 Å². The normalized spacial score (nSPS) is 17.4. The Morgan fingerprint density at radius 3 is 2.67 bits per heavy atom. The number of rotatable bonds is 2. The number of para-hydroxylation sites is 1. The molecule has 5 nitrogen and oxygen atoms in total. The number of amides is 1. The summed E-state index contributed by atoms with van der Waals surface area (Å²) in [5, 5.41) is 9.98. The Balaban J connectivity index is 2.37. The maximum atomic E-state index is 11.4. The van der Waals surface area contributed by atoms with Gasteiger partial charge >= 0.3 is 0 Å². The summed E-state index contributed by atoms with van der Waals surface area (Å²) in [6, 6.07) is 7.74. The molecular formula is C13H14N4O. The first-order valence-electron chi connectivity index (χ1n) is 5.67. The van der Waals surface area contributed by atoms with Gasteiger partial charge in [-0.05, 0) is 17.5 Å². The molecule has 0 saturated heterocycles. The van der Waals surface area contributed by atoms with Crippen LogP contribution in [0.1, 0.15) is 25.3 Å². The first kappa shape index (κ1) is 12.2. The van der Waals surface area contributed by atoms with Gasteiger partial charge in [0.15, 0.2) is 0 Å². The lowest BCUT2D eigenvalue weighted by molar-refractivity contribution is -0.116. The molecule has 1 N–H and O–H groups in total. The van der Waals surface area contributed by atoms with Gasteiger partial charge in [0, 0.05) is 0 Å². The van der Waals surface area contributed by atoms with Crippen LogP contribution in [0, 0.1) is 0 Å². The summed E-state index contributed by atoms with van der Waals surface area (Å²) in [6.07, 6.45) is 0. The van der Waals surface area contributed by atoms with Crippen molar-refractivity contribution in [2.45, 2.75) is 19.8 Å². The van der Waals surface area contributed by atoms with Gasteiger partial charge in [-0.3, -0.25) is 10.1 Å². The van der Waals surface area contributed by atoms with E-state index in [2.05, 4.69) is 41.0 Å². The molecule has 0 aliphatic carbocycles. The smallest absolute Gasteiger partial charge is 0.277 e. The quantitative estimate of drug-likeness (QED) is 0.796. The van der Waals surface area contributed by atoms with Crippen molar-refractivity contribution in [3.8, 4) is 0 Å². The van der Waals surface area contributed by atoms with Gasteiger partial charge in [0.05, 0.1) is 5.69 Å². The Kier molecular flexibility index (Phi) is 3.32. The van der Waals surface area contributed by atoms with Crippen molar-refractivity contribution in [2.24, 2.45) is 15.2 Å². The Hall–Kier alpha value is -2.30. The van der Waals surface area contributed by atoms with Crippen LogP contribution in [0.5, 0.6) is 0 Å². The summed E-state index contributed by atoms with van der Waals surface area (Å²) < 4.78 is 0. The molecule has 0 spiro atoms. The van der Waals surface area contributed by atoms with Gasteiger partial charge in [-0.25, -0.2) is 4.99 Å². The number of hydrogen-bond acceptors (Lipinski definition) is 3. The Labute approximate surface area is 105 Å². The van der Waals surface area contributed by atoms with Crippen LogP contribution in [0.15, 0.2) is 51.8 Å². The highest BCUT2D eigenvalue weighted by Crippen LogP contribution is 2.26. The highest BCUT2D eigenvalue weighted by Gasteiger charge is 2.15. The lowest BCUT2D eigenvalue weighted by Gasteiger charge is -2.11. The van der Waals surface area contributed by atoms with E-state index in [4.69, 9.17) is 0 Å².